The fraction of sp³-hybridized carbons (Fsp3) is 0.233. The van der Waals surface area contributed by atoms with E-state index in [0.29, 0.717) is 43.6 Å². The van der Waals surface area contributed by atoms with E-state index < -0.39 is 12.0 Å². The van der Waals surface area contributed by atoms with Crippen molar-refractivity contribution in [1.82, 2.24) is 4.57 Å². The molecule has 0 radical (unpaired) electrons. The van der Waals surface area contributed by atoms with Gasteiger partial charge in [-0.25, -0.2) is 9.79 Å². The van der Waals surface area contributed by atoms with E-state index in [1.807, 2.05) is 37.3 Å². The molecule has 0 bridgehead atoms. The fourth-order valence-electron chi connectivity index (χ4n) is 4.65. The molecule has 0 fully saturated rings. The van der Waals surface area contributed by atoms with Gasteiger partial charge in [-0.1, -0.05) is 33.3 Å². The molecule has 1 atom stereocenters. The summed E-state index contributed by atoms with van der Waals surface area (Å²) < 4.78 is 25.3. The van der Waals surface area contributed by atoms with Crippen LogP contribution in [0.2, 0.25) is 0 Å². The van der Waals surface area contributed by atoms with Crippen molar-refractivity contribution in [3.63, 3.8) is 0 Å². The van der Waals surface area contributed by atoms with E-state index in [9.17, 15) is 9.59 Å². The number of benzene rings is 2. The van der Waals surface area contributed by atoms with Crippen molar-refractivity contribution in [2.24, 2.45) is 4.99 Å². The number of ether oxygens (including phenoxy) is 3. The van der Waals surface area contributed by atoms with Crippen molar-refractivity contribution in [2.45, 2.75) is 26.8 Å². The summed E-state index contributed by atoms with van der Waals surface area (Å²) in [7, 11) is 3.09. The van der Waals surface area contributed by atoms with E-state index in [-0.39, 0.29) is 17.7 Å². The minimum atomic E-state index is -0.811. The molecule has 8 nitrogen and oxygen atoms in total. The zero-order chi connectivity index (χ0) is 28.6. The van der Waals surface area contributed by atoms with E-state index >= 15 is 0 Å². The number of nitrogens with zero attached hydrogens (tertiary/aromatic N) is 2. The van der Waals surface area contributed by atoms with Crippen LogP contribution in [0.3, 0.4) is 0 Å². The number of halogens is 1. The Labute approximate surface area is 243 Å². The van der Waals surface area contributed by atoms with Gasteiger partial charge in [-0.05, 0) is 62.7 Å². The smallest absolute Gasteiger partial charge is 0.338 e. The Bertz CT molecular complexity index is 1830. The minimum Gasteiger partial charge on any atom is -0.497 e. The molecule has 40 heavy (non-hydrogen) atoms. The van der Waals surface area contributed by atoms with Gasteiger partial charge in [0.2, 0.25) is 0 Å². The molecule has 206 valence electrons. The number of thiazole rings is 1. The van der Waals surface area contributed by atoms with Gasteiger partial charge in [0.25, 0.3) is 5.56 Å². The first kappa shape index (κ1) is 27.7. The van der Waals surface area contributed by atoms with Gasteiger partial charge in [0, 0.05) is 27.7 Å². The van der Waals surface area contributed by atoms with E-state index in [2.05, 4.69) is 20.9 Å². The molecule has 0 aliphatic carbocycles. The second-order valence-electron chi connectivity index (χ2n) is 9.10. The molecule has 0 amide bonds. The van der Waals surface area contributed by atoms with Crippen LogP contribution < -0.4 is 24.4 Å². The third kappa shape index (κ3) is 5.04. The Morgan fingerprint density at radius 2 is 1.93 bits per heavy atom. The molecule has 1 aliphatic heterocycles. The first-order valence-electron chi connectivity index (χ1n) is 12.5. The second kappa shape index (κ2) is 11.3. The number of methoxy groups -OCH3 is 2. The first-order chi connectivity index (χ1) is 19.2. The van der Waals surface area contributed by atoms with E-state index in [4.69, 9.17) is 18.6 Å². The summed E-state index contributed by atoms with van der Waals surface area (Å²) >= 11 is 4.82. The van der Waals surface area contributed by atoms with Crippen molar-refractivity contribution in [3.8, 4) is 22.8 Å². The molecule has 5 rings (SSSR count). The van der Waals surface area contributed by atoms with Crippen LogP contribution in [0.5, 0.6) is 11.5 Å². The predicted molar refractivity (Wildman–Crippen MR) is 157 cm³/mol. The van der Waals surface area contributed by atoms with Crippen molar-refractivity contribution >= 4 is 39.3 Å². The summed E-state index contributed by atoms with van der Waals surface area (Å²) in [5, 5.41) is 0. The van der Waals surface area contributed by atoms with Gasteiger partial charge in [0.1, 0.15) is 29.1 Å². The van der Waals surface area contributed by atoms with Gasteiger partial charge >= 0.3 is 5.97 Å². The number of allylic oxidation sites excluding steroid dienone is 1. The summed E-state index contributed by atoms with van der Waals surface area (Å²) in [6, 6.07) is 14.2. The molecule has 3 heterocycles. The van der Waals surface area contributed by atoms with Gasteiger partial charge in [-0.2, -0.15) is 0 Å². The molecule has 0 spiro atoms. The van der Waals surface area contributed by atoms with Gasteiger partial charge in [0.05, 0.1) is 36.6 Å². The normalized spacial score (nSPS) is 15.1. The number of aromatic nitrogens is 1. The molecule has 0 unspecified atom stereocenters. The van der Waals surface area contributed by atoms with Crippen molar-refractivity contribution in [2.75, 3.05) is 20.8 Å². The lowest BCUT2D eigenvalue weighted by Crippen LogP contribution is -2.40. The first-order valence-corrected chi connectivity index (χ1v) is 14.1. The summed E-state index contributed by atoms with van der Waals surface area (Å²) in [5.41, 5.74) is 3.08. The number of hydrogen-bond donors (Lipinski definition) is 0. The number of fused-ring (bicyclic) bond motifs is 1. The highest BCUT2D eigenvalue weighted by molar-refractivity contribution is 9.10. The topological polar surface area (TPSA) is 92.3 Å². The summed E-state index contributed by atoms with van der Waals surface area (Å²) in [6.07, 6.45) is 1.70. The zero-order valence-electron chi connectivity index (χ0n) is 22.6. The molecule has 0 N–H and O–H groups in total. The monoisotopic (exact) mass is 622 g/mol. The Morgan fingerprint density at radius 3 is 2.62 bits per heavy atom. The number of hydrogen-bond acceptors (Lipinski definition) is 8. The number of esters is 1. The SMILES string of the molecule is CCOC(=O)C1=C(C)N=c2s/c(=C\c3ccc(-c4ccc(C)cc4Br)o3)c(=O)n2[C@H]1c1ccc(OC)cc1OC. The number of carbonyl (C=O) groups is 1. The molecular formula is C30H27BrN2O6S. The van der Waals surface area contributed by atoms with Gasteiger partial charge in [-0.15, -0.1) is 0 Å². The number of carbonyl (C=O) groups excluding carboxylic acids is 1. The van der Waals surface area contributed by atoms with Crippen LogP contribution in [0, 0.1) is 6.92 Å². The molecule has 2 aromatic heterocycles. The van der Waals surface area contributed by atoms with Crippen LogP contribution >= 0.6 is 27.3 Å². The Balaban J connectivity index is 1.67. The Kier molecular flexibility index (Phi) is 7.82. The van der Waals surface area contributed by atoms with Gasteiger partial charge in [-0.3, -0.25) is 9.36 Å². The third-order valence-corrected chi connectivity index (χ3v) is 8.18. The maximum atomic E-state index is 13.9. The van der Waals surface area contributed by atoms with E-state index in [1.165, 1.54) is 23.0 Å². The van der Waals surface area contributed by atoms with Gasteiger partial charge < -0.3 is 18.6 Å². The molecule has 4 aromatic rings. The lowest BCUT2D eigenvalue weighted by atomic mass is 9.95. The number of rotatable bonds is 7. The average molecular weight is 624 g/mol. The standard InChI is InChI=1S/C30H27BrN2O6S/c1-6-38-29(35)26-17(3)32-30-33(27(26)21-11-8-18(36-4)14-24(21)37-5)28(34)25(40-30)15-19-9-12-23(39-19)20-10-7-16(2)13-22(20)31/h7-15,27H,6H2,1-5H3/b25-15-/t27-/m0/s1. The van der Waals surface area contributed by atoms with Crippen LogP contribution in [0.4, 0.5) is 0 Å². The van der Waals surface area contributed by atoms with Crippen molar-refractivity contribution < 1.29 is 23.4 Å². The highest BCUT2D eigenvalue weighted by atomic mass is 79.9. The van der Waals surface area contributed by atoms with Crippen molar-refractivity contribution in [3.05, 3.63) is 101 Å². The van der Waals surface area contributed by atoms with Crippen molar-refractivity contribution in [1.29, 1.82) is 0 Å². The third-order valence-electron chi connectivity index (χ3n) is 6.54. The summed E-state index contributed by atoms with van der Waals surface area (Å²) in [6.45, 7) is 5.68. The average Bonchev–Trinajstić information content (AvgIpc) is 3.51. The molecule has 2 aromatic carbocycles. The molecular weight excluding hydrogens is 596 g/mol. The minimum absolute atomic E-state index is 0.185. The quantitative estimate of drug-likeness (QED) is 0.265. The lowest BCUT2D eigenvalue weighted by Gasteiger charge is -2.26. The maximum absolute atomic E-state index is 13.9. The number of furan rings is 1. The highest BCUT2D eigenvalue weighted by Crippen LogP contribution is 2.37. The van der Waals surface area contributed by atoms with Crippen LogP contribution in [0.15, 0.2) is 78.5 Å². The molecule has 1 aliphatic rings. The predicted octanol–water partition coefficient (Wildman–Crippen LogP) is 5.15. The maximum Gasteiger partial charge on any atom is 0.338 e. The van der Waals surface area contributed by atoms with E-state index in [1.54, 1.807) is 45.2 Å². The van der Waals surface area contributed by atoms with Crippen LogP contribution in [0.25, 0.3) is 17.4 Å². The molecule has 0 saturated heterocycles. The largest absolute Gasteiger partial charge is 0.497 e. The summed E-state index contributed by atoms with van der Waals surface area (Å²) in [4.78, 5) is 32.2. The fourth-order valence-corrected chi connectivity index (χ4v) is 6.37. The number of aryl methyl sites for hydroxylation is 1. The van der Waals surface area contributed by atoms with Crippen LogP contribution in [-0.4, -0.2) is 31.4 Å². The lowest BCUT2D eigenvalue weighted by molar-refractivity contribution is -0.139. The van der Waals surface area contributed by atoms with Crippen LogP contribution in [-0.2, 0) is 9.53 Å². The molecule has 10 heteroatoms. The second-order valence-corrected chi connectivity index (χ2v) is 11.0. The van der Waals surface area contributed by atoms with Gasteiger partial charge in [0.15, 0.2) is 4.80 Å². The van der Waals surface area contributed by atoms with Crippen LogP contribution in [0.1, 0.15) is 36.8 Å². The zero-order valence-corrected chi connectivity index (χ0v) is 25.0. The summed E-state index contributed by atoms with van der Waals surface area (Å²) in [5.74, 6) is 1.70. The molecule has 0 saturated carbocycles. The van der Waals surface area contributed by atoms with E-state index in [0.717, 1.165) is 15.6 Å². The highest BCUT2D eigenvalue weighted by Gasteiger charge is 2.35. The Hall–Kier alpha value is -3.89. The Morgan fingerprint density at radius 1 is 1.12 bits per heavy atom.